The first kappa shape index (κ1) is 8.32. The van der Waals surface area contributed by atoms with Gasteiger partial charge in [0.2, 0.25) is 0 Å². The van der Waals surface area contributed by atoms with E-state index >= 15 is 0 Å². The van der Waals surface area contributed by atoms with E-state index in [-0.39, 0.29) is 0 Å². The second-order valence-electron chi connectivity index (χ2n) is 3.31. The highest BCUT2D eigenvalue weighted by atomic mass is 79.9. The summed E-state index contributed by atoms with van der Waals surface area (Å²) >= 11 is 3.41. The van der Waals surface area contributed by atoms with Gasteiger partial charge in [0.15, 0.2) is 0 Å². The van der Waals surface area contributed by atoms with E-state index in [1.807, 2.05) is 0 Å². The molecule has 66 valence electrons. The van der Waals surface area contributed by atoms with Gasteiger partial charge in [0.05, 0.1) is 4.60 Å². The first-order valence-corrected chi connectivity index (χ1v) is 5.19. The van der Waals surface area contributed by atoms with Crippen LogP contribution in [-0.4, -0.2) is 23.0 Å². The fraction of sp³-hybridized carbons (Fsp3) is 0.556. The Kier molecular flexibility index (Phi) is 2.51. The lowest BCUT2D eigenvalue weighted by molar-refractivity contribution is 0.328. The van der Waals surface area contributed by atoms with E-state index in [1.54, 1.807) is 0 Å². The van der Waals surface area contributed by atoms with Crippen molar-refractivity contribution in [3.8, 4) is 0 Å². The largest absolute Gasteiger partial charge is 0.352 e. The van der Waals surface area contributed by atoms with E-state index in [9.17, 15) is 0 Å². The predicted octanol–water partition coefficient (Wildman–Crippen LogP) is 2.37. The van der Waals surface area contributed by atoms with Crippen molar-refractivity contribution in [2.75, 3.05) is 13.1 Å². The molecule has 12 heavy (non-hydrogen) atoms. The molecule has 0 aromatic carbocycles. The van der Waals surface area contributed by atoms with Crippen molar-refractivity contribution in [2.24, 2.45) is 0 Å². The van der Waals surface area contributed by atoms with E-state index in [4.69, 9.17) is 0 Å². The lowest BCUT2D eigenvalue weighted by Crippen LogP contribution is -2.18. The summed E-state index contributed by atoms with van der Waals surface area (Å²) in [7, 11) is 0. The quantitative estimate of drug-likeness (QED) is 0.824. The Labute approximate surface area is 81.1 Å². The molecule has 0 saturated carbocycles. The highest BCUT2D eigenvalue weighted by molar-refractivity contribution is 9.10. The van der Waals surface area contributed by atoms with Gasteiger partial charge in [0.1, 0.15) is 0 Å². The fourth-order valence-corrected chi connectivity index (χ4v) is 2.07. The van der Waals surface area contributed by atoms with E-state index in [0.29, 0.717) is 0 Å². The van der Waals surface area contributed by atoms with Crippen molar-refractivity contribution < 1.29 is 0 Å². The summed E-state index contributed by atoms with van der Waals surface area (Å²) in [4.78, 5) is 5.76. The Bertz CT molecular complexity index is 251. The van der Waals surface area contributed by atoms with Crippen LogP contribution in [0.5, 0.6) is 0 Å². The van der Waals surface area contributed by atoms with Crippen molar-refractivity contribution in [1.29, 1.82) is 0 Å². The summed E-state index contributed by atoms with van der Waals surface area (Å²) in [6.07, 6.45) is 2.73. The van der Waals surface area contributed by atoms with Gasteiger partial charge >= 0.3 is 0 Å². The molecule has 0 aliphatic carbocycles. The number of nitrogens with one attached hydrogen (secondary N) is 1. The van der Waals surface area contributed by atoms with Crippen LogP contribution in [0.1, 0.15) is 18.5 Å². The summed E-state index contributed by atoms with van der Waals surface area (Å²) < 4.78 is 1.08. The molecule has 0 unspecified atom stereocenters. The molecule has 1 fully saturated rings. The van der Waals surface area contributed by atoms with Crippen molar-refractivity contribution in [3.05, 3.63) is 22.4 Å². The topological polar surface area (TPSA) is 19.0 Å². The van der Waals surface area contributed by atoms with Crippen LogP contribution in [-0.2, 0) is 6.54 Å². The normalized spacial score (nSPS) is 18.8. The molecule has 2 heterocycles. The molecular weight excluding hydrogens is 216 g/mol. The number of halogens is 1. The molecule has 1 aliphatic rings. The van der Waals surface area contributed by atoms with Crippen molar-refractivity contribution in [3.63, 3.8) is 0 Å². The van der Waals surface area contributed by atoms with Gasteiger partial charge in [-0.25, -0.2) is 0 Å². The molecule has 0 spiro atoms. The lowest BCUT2D eigenvalue weighted by atomic mass is 10.4. The SMILES string of the molecule is Brc1ccc(CN2CCCC2)[nH]1. The number of H-pyrrole nitrogens is 1. The van der Waals surface area contributed by atoms with Gasteiger partial charge in [-0.2, -0.15) is 0 Å². The molecule has 1 aromatic rings. The van der Waals surface area contributed by atoms with Crippen LogP contribution >= 0.6 is 15.9 Å². The van der Waals surface area contributed by atoms with Gasteiger partial charge in [-0.1, -0.05) is 0 Å². The van der Waals surface area contributed by atoms with Gasteiger partial charge in [-0.3, -0.25) is 4.90 Å². The lowest BCUT2D eigenvalue weighted by Gasteiger charge is -2.12. The predicted molar refractivity (Wildman–Crippen MR) is 53.0 cm³/mol. The van der Waals surface area contributed by atoms with E-state index < -0.39 is 0 Å². The molecule has 1 aliphatic heterocycles. The molecular formula is C9H13BrN2. The minimum absolute atomic E-state index is 1.08. The van der Waals surface area contributed by atoms with Crippen LogP contribution in [0.4, 0.5) is 0 Å². The molecule has 1 aromatic heterocycles. The summed E-state index contributed by atoms with van der Waals surface area (Å²) in [5, 5.41) is 0. The first-order valence-electron chi connectivity index (χ1n) is 4.40. The number of nitrogens with zero attached hydrogens (tertiary/aromatic N) is 1. The summed E-state index contributed by atoms with van der Waals surface area (Å²) in [5.74, 6) is 0. The molecule has 0 amide bonds. The van der Waals surface area contributed by atoms with Gasteiger partial charge in [0.25, 0.3) is 0 Å². The highest BCUT2D eigenvalue weighted by Gasteiger charge is 2.11. The Hall–Kier alpha value is -0.280. The average molecular weight is 229 g/mol. The Morgan fingerprint density at radius 1 is 1.33 bits per heavy atom. The molecule has 2 rings (SSSR count). The third-order valence-electron chi connectivity index (χ3n) is 2.30. The zero-order chi connectivity index (χ0) is 8.39. The van der Waals surface area contributed by atoms with Crippen LogP contribution in [0.3, 0.4) is 0 Å². The molecule has 3 heteroatoms. The van der Waals surface area contributed by atoms with E-state index in [2.05, 4.69) is 37.9 Å². The standard InChI is InChI=1S/C9H13BrN2/c10-9-4-3-8(11-9)7-12-5-1-2-6-12/h3-4,11H,1-2,5-7H2. The van der Waals surface area contributed by atoms with Crippen LogP contribution in [0, 0.1) is 0 Å². The summed E-state index contributed by atoms with van der Waals surface area (Å²) in [5.41, 5.74) is 1.31. The summed E-state index contributed by atoms with van der Waals surface area (Å²) in [6.45, 7) is 3.60. The highest BCUT2D eigenvalue weighted by Crippen LogP contribution is 2.14. The Morgan fingerprint density at radius 2 is 2.08 bits per heavy atom. The third-order valence-corrected chi connectivity index (χ3v) is 2.77. The number of rotatable bonds is 2. The fourth-order valence-electron chi connectivity index (χ4n) is 1.68. The zero-order valence-electron chi connectivity index (χ0n) is 7.02. The maximum Gasteiger partial charge on any atom is 0.0822 e. The molecule has 2 nitrogen and oxygen atoms in total. The van der Waals surface area contributed by atoms with Crippen molar-refractivity contribution in [2.45, 2.75) is 19.4 Å². The van der Waals surface area contributed by atoms with Crippen LogP contribution < -0.4 is 0 Å². The number of hydrogen-bond acceptors (Lipinski definition) is 1. The van der Waals surface area contributed by atoms with E-state index in [1.165, 1.54) is 31.6 Å². The first-order chi connectivity index (χ1) is 5.84. The molecule has 0 atom stereocenters. The van der Waals surface area contributed by atoms with Gasteiger partial charge in [-0.05, 0) is 54.0 Å². The monoisotopic (exact) mass is 228 g/mol. The van der Waals surface area contributed by atoms with Gasteiger partial charge in [0, 0.05) is 12.2 Å². The smallest absolute Gasteiger partial charge is 0.0822 e. The maximum absolute atomic E-state index is 3.41. The Morgan fingerprint density at radius 3 is 2.67 bits per heavy atom. The van der Waals surface area contributed by atoms with Gasteiger partial charge < -0.3 is 4.98 Å². The number of aromatic nitrogens is 1. The minimum atomic E-state index is 1.08. The average Bonchev–Trinajstić information content (AvgIpc) is 2.63. The van der Waals surface area contributed by atoms with Crippen LogP contribution in [0.2, 0.25) is 0 Å². The second kappa shape index (κ2) is 3.62. The van der Waals surface area contributed by atoms with E-state index in [0.717, 1.165) is 11.1 Å². The zero-order valence-corrected chi connectivity index (χ0v) is 8.60. The van der Waals surface area contributed by atoms with Crippen LogP contribution in [0.25, 0.3) is 0 Å². The second-order valence-corrected chi connectivity index (χ2v) is 4.17. The Balaban J connectivity index is 1.94. The molecule has 0 bridgehead atoms. The molecule has 1 N–H and O–H groups in total. The number of aromatic amines is 1. The molecule has 1 saturated heterocycles. The minimum Gasteiger partial charge on any atom is -0.352 e. The van der Waals surface area contributed by atoms with Gasteiger partial charge in [-0.15, -0.1) is 0 Å². The maximum atomic E-state index is 3.41. The van der Waals surface area contributed by atoms with Crippen molar-refractivity contribution in [1.82, 2.24) is 9.88 Å². The third kappa shape index (κ3) is 1.90. The van der Waals surface area contributed by atoms with Crippen LogP contribution in [0.15, 0.2) is 16.7 Å². The molecule has 0 radical (unpaired) electrons. The van der Waals surface area contributed by atoms with Crippen molar-refractivity contribution >= 4 is 15.9 Å². The number of hydrogen-bond donors (Lipinski definition) is 1. The number of likely N-dealkylation sites (tertiary alicyclic amines) is 1. The summed E-state index contributed by atoms with van der Waals surface area (Å²) in [6, 6.07) is 4.20.